The molecule has 1 aliphatic rings. The number of halogens is 1. The molecule has 0 atom stereocenters. The van der Waals surface area contributed by atoms with Crippen LogP contribution in [0.4, 0.5) is 0 Å². The molecule has 6 nitrogen and oxygen atoms in total. The maximum Gasteiger partial charge on any atom is 0.222 e. The van der Waals surface area contributed by atoms with Crippen LogP contribution >= 0.6 is 24.0 Å². The lowest BCUT2D eigenvalue weighted by Crippen LogP contribution is -2.37. The molecule has 0 saturated carbocycles. The molecule has 1 amide bonds. The fraction of sp³-hybridized carbons (Fsp3) is 0.400. The SMILES string of the molecule is CN=C(NCCc1ccco1)NCc1cccc(CN2CCCC2=O)c1.I. The van der Waals surface area contributed by atoms with Crippen molar-refractivity contribution in [3.63, 3.8) is 0 Å². The van der Waals surface area contributed by atoms with E-state index in [1.54, 1.807) is 13.3 Å². The Balaban J connectivity index is 0.00000261. The molecule has 0 aliphatic carbocycles. The summed E-state index contributed by atoms with van der Waals surface area (Å²) in [4.78, 5) is 18.0. The lowest BCUT2D eigenvalue weighted by molar-refractivity contribution is -0.128. The number of benzene rings is 1. The van der Waals surface area contributed by atoms with Gasteiger partial charge in [-0.2, -0.15) is 0 Å². The number of hydrogen-bond donors (Lipinski definition) is 2. The summed E-state index contributed by atoms with van der Waals surface area (Å²) in [6.07, 6.45) is 4.15. The Morgan fingerprint density at radius 3 is 2.78 bits per heavy atom. The molecule has 7 heteroatoms. The average molecular weight is 482 g/mol. The largest absolute Gasteiger partial charge is 0.469 e. The van der Waals surface area contributed by atoms with Crippen molar-refractivity contribution < 1.29 is 9.21 Å². The second kappa shape index (κ2) is 11.0. The molecule has 1 fully saturated rings. The smallest absolute Gasteiger partial charge is 0.222 e. The van der Waals surface area contributed by atoms with Crippen molar-refractivity contribution in [2.24, 2.45) is 4.99 Å². The number of likely N-dealkylation sites (tertiary alicyclic amines) is 1. The van der Waals surface area contributed by atoms with Crippen LogP contribution in [0.5, 0.6) is 0 Å². The van der Waals surface area contributed by atoms with Crippen LogP contribution in [0.2, 0.25) is 0 Å². The highest BCUT2D eigenvalue weighted by atomic mass is 127. The van der Waals surface area contributed by atoms with E-state index in [9.17, 15) is 4.79 Å². The van der Waals surface area contributed by atoms with Crippen molar-refractivity contribution in [1.82, 2.24) is 15.5 Å². The number of furan rings is 1. The number of nitrogens with zero attached hydrogens (tertiary/aromatic N) is 2. The molecule has 0 spiro atoms. The molecule has 3 rings (SSSR count). The molecule has 2 heterocycles. The minimum atomic E-state index is 0. The Labute approximate surface area is 177 Å². The van der Waals surface area contributed by atoms with Crippen LogP contribution in [0.15, 0.2) is 52.1 Å². The first-order valence-electron chi connectivity index (χ1n) is 9.07. The van der Waals surface area contributed by atoms with Crippen LogP contribution in [-0.4, -0.2) is 36.9 Å². The summed E-state index contributed by atoms with van der Waals surface area (Å²) in [6.45, 7) is 3.00. The van der Waals surface area contributed by atoms with Gasteiger partial charge >= 0.3 is 0 Å². The lowest BCUT2D eigenvalue weighted by atomic mass is 10.1. The van der Waals surface area contributed by atoms with Gasteiger partial charge in [-0.15, -0.1) is 24.0 Å². The zero-order valence-corrected chi connectivity index (χ0v) is 17.9. The van der Waals surface area contributed by atoms with Crippen molar-refractivity contribution >= 4 is 35.8 Å². The van der Waals surface area contributed by atoms with Crippen molar-refractivity contribution in [3.05, 3.63) is 59.5 Å². The molecule has 0 bridgehead atoms. The molecular formula is C20H27IN4O2. The molecule has 2 aromatic rings. The third kappa shape index (κ3) is 6.57. The van der Waals surface area contributed by atoms with Gasteiger partial charge in [0.25, 0.3) is 0 Å². The van der Waals surface area contributed by atoms with Crippen molar-refractivity contribution in [3.8, 4) is 0 Å². The van der Waals surface area contributed by atoms with E-state index in [-0.39, 0.29) is 29.9 Å². The molecule has 0 radical (unpaired) electrons. The number of nitrogens with one attached hydrogen (secondary N) is 2. The van der Waals surface area contributed by atoms with Gasteiger partial charge in [0.1, 0.15) is 5.76 Å². The highest BCUT2D eigenvalue weighted by molar-refractivity contribution is 14.0. The second-order valence-electron chi connectivity index (χ2n) is 6.42. The number of rotatable bonds is 7. The van der Waals surface area contributed by atoms with Gasteiger partial charge in [-0.25, -0.2) is 0 Å². The Morgan fingerprint density at radius 2 is 2.07 bits per heavy atom. The first kappa shape index (κ1) is 21.3. The van der Waals surface area contributed by atoms with E-state index in [4.69, 9.17) is 4.42 Å². The van der Waals surface area contributed by atoms with E-state index in [1.165, 1.54) is 11.1 Å². The molecule has 1 aromatic carbocycles. The molecule has 1 saturated heterocycles. The van der Waals surface area contributed by atoms with Crippen LogP contribution in [0, 0.1) is 0 Å². The summed E-state index contributed by atoms with van der Waals surface area (Å²) in [5, 5.41) is 6.61. The van der Waals surface area contributed by atoms with E-state index < -0.39 is 0 Å². The standard InChI is InChI=1S/C20H26N4O2.HI/c1-21-20(22-10-9-18-7-4-12-26-18)23-14-16-5-2-6-17(13-16)15-24-11-3-8-19(24)25;/h2,4-7,12-13H,3,8-11,14-15H2,1H3,(H2,21,22,23);1H. The predicted octanol–water partition coefficient (Wildman–Crippen LogP) is 2.93. The molecule has 2 N–H and O–H groups in total. The van der Waals surface area contributed by atoms with Gasteiger partial charge in [0.05, 0.1) is 6.26 Å². The first-order valence-corrected chi connectivity index (χ1v) is 9.07. The lowest BCUT2D eigenvalue weighted by Gasteiger charge is -2.16. The van der Waals surface area contributed by atoms with Crippen LogP contribution in [-0.2, 0) is 24.3 Å². The van der Waals surface area contributed by atoms with Gasteiger partial charge in [0.2, 0.25) is 5.91 Å². The zero-order chi connectivity index (χ0) is 18.2. The van der Waals surface area contributed by atoms with E-state index in [1.807, 2.05) is 23.1 Å². The zero-order valence-electron chi connectivity index (χ0n) is 15.6. The minimum Gasteiger partial charge on any atom is -0.469 e. The Kier molecular flexibility index (Phi) is 8.63. The molecule has 146 valence electrons. The van der Waals surface area contributed by atoms with E-state index >= 15 is 0 Å². The Morgan fingerprint density at radius 1 is 1.22 bits per heavy atom. The van der Waals surface area contributed by atoms with Gasteiger partial charge in [-0.05, 0) is 29.7 Å². The second-order valence-corrected chi connectivity index (χ2v) is 6.42. The topological polar surface area (TPSA) is 69.9 Å². The number of hydrogen-bond acceptors (Lipinski definition) is 3. The fourth-order valence-corrected chi connectivity index (χ4v) is 3.09. The third-order valence-corrected chi connectivity index (χ3v) is 4.46. The summed E-state index contributed by atoms with van der Waals surface area (Å²) >= 11 is 0. The Bertz CT molecular complexity index is 746. The van der Waals surface area contributed by atoms with Crippen LogP contribution < -0.4 is 10.6 Å². The average Bonchev–Trinajstić information content (AvgIpc) is 3.31. The Hall–Kier alpha value is -2.03. The van der Waals surface area contributed by atoms with Gasteiger partial charge < -0.3 is 20.0 Å². The van der Waals surface area contributed by atoms with Crippen LogP contribution in [0.1, 0.15) is 29.7 Å². The normalized spacial score (nSPS) is 14.2. The first-order chi connectivity index (χ1) is 12.7. The maximum atomic E-state index is 11.8. The van der Waals surface area contributed by atoms with Gasteiger partial charge in [0, 0.05) is 46.1 Å². The van der Waals surface area contributed by atoms with E-state index in [2.05, 4.69) is 33.8 Å². The van der Waals surface area contributed by atoms with Gasteiger partial charge in [0.15, 0.2) is 5.96 Å². The monoisotopic (exact) mass is 482 g/mol. The molecule has 27 heavy (non-hydrogen) atoms. The number of guanidine groups is 1. The van der Waals surface area contributed by atoms with E-state index in [0.29, 0.717) is 19.5 Å². The molecular weight excluding hydrogens is 455 g/mol. The van der Waals surface area contributed by atoms with E-state index in [0.717, 1.165) is 37.7 Å². The van der Waals surface area contributed by atoms with Gasteiger partial charge in [-0.3, -0.25) is 9.79 Å². The summed E-state index contributed by atoms with van der Waals surface area (Å²) in [6, 6.07) is 12.2. The summed E-state index contributed by atoms with van der Waals surface area (Å²) in [5.74, 6) is 1.98. The fourth-order valence-electron chi connectivity index (χ4n) is 3.09. The van der Waals surface area contributed by atoms with Crippen molar-refractivity contribution in [1.29, 1.82) is 0 Å². The van der Waals surface area contributed by atoms with Crippen molar-refractivity contribution in [2.45, 2.75) is 32.4 Å². The number of amides is 1. The number of carbonyl (C=O) groups is 1. The maximum absolute atomic E-state index is 11.8. The third-order valence-electron chi connectivity index (χ3n) is 4.46. The van der Waals surface area contributed by atoms with Gasteiger partial charge in [-0.1, -0.05) is 24.3 Å². The van der Waals surface area contributed by atoms with Crippen molar-refractivity contribution in [2.75, 3.05) is 20.1 Å². The molecule has 1 aromatic heterocycles. The minimum absolute atomic E-state index is 0. The number of carbonyl (C=O) groups excluding carboxylic acids is 1. The summed E-state index contributed by atoms with van der Waals surface area (Å²) < 4.78 is 5.33. The summed E-state index contributed by atoms with van der Waals surface area (Å²) in [7, 11) is 1.76. The number of aliphatic imine (C=N–C) groups is 1. The van der Waals surface area contributed by atoms with Crippen LogP contribution in [0.3, 0.4) is 0 Å². The molecule has 0 unspecified atom stereocenters. The highest BCUT2D eigenvalue weighted by Crippen LogP contribution is 2.15. The molecule has 1 aliphatic heterocycles. The highest BCUT2D eigenvalue weighted by Gasteiger charge is 2.19. The predicted molar refractivity (Wildman–Crippen MR) is 117 cm³/mol. The quantitative estimate of drug-likeness (QED) is 0.362. The van der Waals surface area contributed by atoms with Crippen LogP contribution in [0.25, 0.3) is 0 Å². The summed E-state index contributed by atoms with van der Waals surface area (Å²) in [5.41, 5.74) is 2.34.